The van der Waals surface area contributed by atoms with Crippen LogP contribution in [0.15, 0.2) is 79.1 Å². The Morgan fingerprint density at radius 2 is 1.64 bits per heavy atom. The lowest BCUT2D eigenvalue weighted by Gasteiger charge is -2.07. The molecule has 0 radical (unpaired) electrons. The fourth-order valence-electron chi connectivity index (χ4n) is 2.47. The number of imidazole rings is 1. The average molecular weight is 286 g/mol. The number of anilines is 2. The first-order chi connectivity index (χ1) is 10.9. The molecule has 3 aromatic heterocycles. The Balaban J connectivity index is 1.91. The number of hydrogen-bond donors (Lipinski definition) is 1. The van der Waals surface area contributed by atoms with E-state index in [-0.39, 0.29) is 0 Å². The molecular weight excluding hydrogens is 272 g/mol. The number of nitrogens with zero attached hydrogens (tertiary/aromatic N) is 3. The highest BCUT2D eigenvalue weighted by Crippen LogP contribution is 2.30. The summed E-state index contributed by atoms with van der Waals surface area (Å²) >= 11 is 0. The number of pyridine rings is 2. The molecule has 1 aromatic carbocycles. The standard InChI is InChI=1S/C18H14N4/c1-2-8-14(9-3-1)17-18(20-15-10-4-6-12-19-15)22-13-7-5-11-16(22)21-17/h1-13H,(H,19,20). The van der Waals surface area contributed by atoms with Gasteiger partial charge in [-0.05, 0) is 24.3 Å². The van der Waals surface area contributed by atoms with Crippen molar-refractivity contribution in [1.82, 2.24) is 14.4 Å². The van der Waals surface area contributed by atoms with Crippen molar-refractivity contribution in [2.24, 2.45) is 0 Å². The van der Waals surface area contributed by atoms with E-state index in [4.69, 9.17) is 4.98 Å². The van der Waals surface area contributed by atoms with Crippen molar-refractivity contribution in [3.05, 3.63) is 79.1 Å². The molecule has 0 fully saturated rings. The van der Waals surface area contributed by atoms with Gasteiger partial charge in [-0.15, -0.1) is 0 Å². The third-order valence-corrected chi connectivity index (χ3v) is 3.49. The van der Waals surface area contributed by atoms with Crippen LogP contribution in [-0.2, 0) is 0 Å². The molecule has 0 bridgehead atoms. The van der Waals surface area contributed by atoms with Crippen molar-refractivity contribution < 1.29 is 0 Å². The smallest absolute Gasteiger partial charge is 0.144 e. The van der Waals surface area contributed by atoms with E-state index < -0.39 is 0 Å². The summed E-state index contributed by atoms with van der Waals surface area (Å²) in [5.41, 5.74) is 2.89. The fourth-order valence-corrected chi connectivity index (χ4v) is 2.47. The Labute approximate surface area is 128 Å². The van der Waals surface area contributed by atoms with Crippen LogP contribution in [0.5, 0.6) is 0 Å². The van der Waals surface area contributed by atoms with Gasteiger partial charge in [-0.3, -0.25) is 4.40 Å². The Hall–Kier alpha value is -3.14. The van der Waals surface area contributed by atoms with Gasteiger partial charge in [0.05, 0.1) is 0 Å². The molecule has 4 rings (SSSR count). The lowest BCUT2D eigenvalue weighted by molar-refractivity contribution is 1.17. The first kappa shape index (κ1) is 12.6. The zero-order chi connectivity index (χ0) is 14.8. The van der Waals surface area contributed by atoms with E-state index in [2.05, 4.69) is 22.4 Å². The van der Waals surface area contributed by atoms with Gasteiger partial charge >= 0.3 is 0 Å². The summed E-state index contributed by atoms with van der Waals surface area (Å²) in [6, 6.07) is 21.9. The van der Waals surface area contributed by atoms with Gasteiger partial charge in [0, 0.05) is 18.0 Å². The predicted molar refractivity (Wildman–Crippen MR) is 88.1 cm³/mol. The molecule has 4 heteroatoms. The van der Waals surface area contributed by atoms with Gasteiger partial charge in [-0.25, -0.2) is 9.97 Å². The van der Waals surface area contributed by atoms with Gasteiger partial charge in [-0.1, -0.05) is 42.5 Å². The van der Waals surface area contributed by atoms with Crippen LogP contribution in [-0.4, -0.2) is 14.4 Å². The minimum Gasteiger partial charge on any atom is -0.324 e. The van der Waals surface area contributed by atoms with Crippen LogP contribution in [0.3, 0.4) is 0 Å². The summed E-state index contributed by atoms with van der Waals surface area (Å²) in [5, 5.41) is 3.38. The zero-order valence-corrected chi connectivity index (χ0v) is 11.8. The maximum absolute atomic E-state index is 4.75. The predicted octanol–water partition coefficient (Wildman–Crippen LogP) is 4.14. The second kappa shape index (κ2) is 5.33. The quantitative estimate of drug-likeness (QED) is 0.615. The molecule has 106 valence electrons. The molecule has 0 amide bonds. The first-order valence-electron chi connectivity index (χ1n) is 7.12. The van der Waals surface area contributed by atoms with E-state index in [1.54, 1.807) is 6.20 Å². The highest BCUT2D eigenvalue weighted by Gasteiger charge is 2.13. The number of fused-ring (bicyclic) bond motifs is 1. The van der Waals surface area contributed by atoms with Gasteiger partial charge < -0.3 is 5.32 Å². The lowest BCUT2D eigenvalue weighted by atomic mass is 10.1. The van der Waals surface area contributed by atoms with Crippen LogP contribution >= 0.6 is 0 Å². The van der Waals surface area contributed by atoms with Crippen LogP contribution in [0, 0.1) is 0 Å². The molecular formula is C18H14N4. The molecule has 0 spiro atoms. The Bertz CT molecular complexity index is 898. The molecule has 1 N–H and O–H groups in total. The Kier molecular flexibility index (Phi) is 3.05. The molecule has 0 atom stereocenters. The monoisotopic (exact) mass is 286 g/mol. The van der Waals surface area contributed by atoms with Crippen molar-refractivity contribution in [1.29, 1.82) is 0 Å². The maximum Gasteiger partial charge on any atom is 0.144 e. The summed E-state index contributed by atoms with van der Waals surface area (Å²) in [6.45, 7) is 0. The van der Waals surface area contributed by atoms with Crippen LogP contribution in [0.1, 0.15) is 0 Å². The third-order valence-electron chi connectivity index (χ3n) is 3.49. The normalized spacial score (nSPS) is 10.7. The summed E-state index contributed by atoms with van der Waals surface area (Å²) < 4.78 is 2.04. The topological polar surface area (TPSA) is 42.2 Å². The number of aromatic nitrogens is 3. The van der Waals surface area contributed by atoms with E-state index in [0.717, 1.165) is 28.5 Å². The fraction of sp³-hybridized carbons (Fsp3) is 0. The van der Waals surface area contributed by atoms with Crippen molar-refractivity contribution in [3.63, 3.8) is 0 Å². The number of hydrogen-bond acceptors (Lipinski definition) is 3. The van der Waals surface area contributed by atoms with E-state index >= 15 is 0 Å². The zero-order valence-electron chi connectivity index (χ0n) is 11.8. The number of rotatable bonds is 3. The summed E-state index contributed by atoms with van der Waals surface area (Å²) in [7, 11) is 0. The van der Waals surface area contributed by atoms with E-state index in [0.29, 0.717) is 0 Å². The molecule has 0 unspecified atom stereocenters. The van der Waals surface area contributed by atoms with Gasteiger partial charge in [0.1, 0.15) is 23.0 Å². The molecule has 0 aliphatic heterocycles. The second-order valence-corrected chi connectivity index (χ2v) is 4.94. The van der Waals surface area contributed by atoms with Crippen molar-refractivity contribution >= 4 is 17.3 Å². The maximum atomic E-state index is 4.75. The average Bonchev–Trinajstić information content (AvgIpc) is 2.95. The number of nitrogens with one attached hydrogen (secondary N) is 1. The minimum absolute atomic E-state index is 0.797. The molecule has 0 aliphatic rings. The van der Waals surface area contributed by atoms with Crippen LogP contribution in [0.2, 0.25) is 0 Å². The van der Waals surface area contributed by atoms with Crippen molar-refractivity contribution in [2.45, 2.75) is 0 Å². The SMILES string of the molecule is c1ccc(-c2nc3ccccn3c2Nc2ccccn2)cc1. The van der Waals surface area contributed by atoms with Gasteiger partial charge in [0.15, 0.2) is 0 Å². The van der Waals surface area contributed by atoms with Gasteiger partial charge in [0.2, 0.25) is 0 Å². The van der Waals surface area contributed by atoms with E-state index in [1.165, 1.54) is 0 Å². The minimum atomic E-state index is 0.797. The van der Waals surface area contributed by atoms with Gasteiger partial charge in [-0.2, -0.15) is 0 Å². The summed E-state index contributed by atoms with van der Waals surface area (Å²) in [6.07, 6.45) is 3.77. The van der Waals surface area contributed by atoms with Gasteiger partial charge in [0.25, 0.3) is 0 Å². The molecule has 3 heterocycles. The van der Waals surface area contributed by atoms with Crippen LogP contribution in [0.25, 0.3) is 16.9 Å². The summed E-state index contributed by atoms with van der Waals surface area (Å²) in [5.74, 6) is 1.71. The molecule has 4 aromatic rings. The molecule has 4 nitrogen and oxygen atoms in total. The van der Waals surface area contributed by atoms with Crippen LogP contribution < -0.4 is 5.32 Å². The summed E-state index contributed by atoms with van der Waals surface area (Å²) in [4.78, 5) is 9.09. The van der Waals surface area contributed by atoms with Crippen LogP contribution in [0.4, 0.5) is 11.6 Å². The molecule has 0 saturated carbocycles. The highest BCUT2D eigenvalue weighted by atomic mass is 15.2. The Morgan fingerprint density at radius 3 is 2.45 bits per heavy atom. The van der Waals surface area contributed by atoms with Crippen molar-refractivity contribution in [3.8, 4) is 11.3 Å². The van der Waals surface area contributed by atoms with Crippen molar-refractivity contribution in [2.75, 3.05) is 5.32 Å². The van der Waals surface area contributed by atoms with E-state index in [9.17, 15) is 0 Å². The second-order valence-electron chi connectivity index (χ2n) is 4.94. The highest BCUT2D eigenvalue weighted by molar-refractivity contribution is 5.78. The molecule has 0 saturated heterocycles. The molecule has 22 heavy (non-hydrogen) atoms. The lowest BCUT2D eigenvalue weighted by Crippen LogP contribution is -1.98. The molecule has 0 aliphatic carbocycles. The number of benzene rings is 1. The third kappa shape index (κ3) is 2.20. The largest absolute Gasteiger partial charge is 0.324 e. The van der Waals surface area contributed by atoms with E-state index in [1.807, 2.05) is 65.2 Å². The Morgan fingerprint density at radius 1 is 0.818 bits per heavy atom. The first-order valence-corrected chi connectivity index (χ1v) is 7.12.